The number of amides is 2. The van der Waals surface area contributed by atoms with Crippen molar-refractivity contribution in [3.63, 3.8) is 0 Å². The van der Waals surface area contributed by atoms with E-state index in [1.807, 2.05) is 0 Å². The molecule has 2 amide bonds. The summed E-state index contributed by atoms with van der Waals surface area (Å²) in [6.07, 6.45) is -0.133. The van der Waals surface area contributed by atoms with Gasteiger partial charge in [0.05, 0.1) is 18.4 Å². The average molecular weight is 378 g/mol. The van der Waals surface area contributed by atoms with Crippen molar-refractivity contribution in [2.45, 2.75) is 25.5 Å². The summed E-state index contributed by atoms with van der Waals surface area (Å²) in [5, 5.41) is 22.3. The molecule has 1 aliphatic heterocycles. The zero-order chi connectivity index (χ0) is 19.3. The molecule has 0 spiro atoms. The maximum atomic E-state index is 12.2. The molecule has 0 bridgehead atoms. The highest BCUT2D eigenvalue weighted by molar-refractivity contribution is 8.15. The predicted molar refractivity (Wildman–Crippen MR) is 98.4 cm³/mol. The van der Waals surface area contributed by atoms with Crippen molar-refractivity contribution in [3.8, 4) is 5.75 Å². The van der Waals surface area contributed by atoms with Crippen LogP contribution in [0.4, 0.5) is 5.69 Å². The van der Waals surface area contributed by atoms with E-state index in [-0.39, 0.29) is 29.3 Å². The number of aromatic hydroxyl groups is 1. The summed E-state index contributed by atoms with van der Waals surface area (Å²) in [7, 11) is 1.23. The number of methoxy groups -OCH3 is 1. The number of carbonyl (C=O) groups excluding carboxylic acids is 3. The molecule has 1 unspecified atom stereocenters. The first-order chi connectivity index (χ1) is 12.3. The van der Waals surface area contributed by atoms with E-state index in [0.29, 0.717) is 5.17 Å². The van der Waals surface area contributed by atoms with Crippen LogP contribution in [0.2, 0.25) is 0 Å². The van der Waals surface area contributed by atoms with Crippen molar-refractivity contribution in [2.24, 2.45) is 10.2 Å². The lowest BCUT2D eigenvalue weighted by molar-refractivity contribution is -0.122. The lowest BCUT2D eigenvalue weighted by Crippen LogP contribution is -2.28. The molecule has 0 aliphatic carbocycles. The van der Waals surface area contributed by atoms with E-state index in [9.17, 15) is 19.5 Å². The Morgan fingerprint density at radius 3 is 2.77 bits per heavy atom. The summed E-state index contributed by atoms with van der Waals surface area (Å²) in [6, 6.07) is 3.94. The van der Waals surface area contributed by atoms with Gasteiger partial charge in [-0.05, 0) is 32.0 Å². The lowest BCUT2D eigenvalue weighted by Gasteiger charge is -2.10. The zero-order valence-electron chi connectivity index (χ0n) is 14.4. The van der Waals surface area contributed by atoms with Gasteiger partial charge in [0, 0.05) is 12.1 Å². The number of phenols is 1. The Morgan fingerprint density at radius 1 is 1.38 bits per heavy atom. The van der Waals surface area contributed by atoms with Crippen molar-refractivity contribution in [3.05, 3.63) is 23.8 Å². The molecule has 1 saturated heterocycles. The number of ether oxygens (including phenoxy) is 1. The molecule has 1 atom stereocenters. The molecular weight excluding hydrogens is 360 g/mol. The molecule has 1 heterocycles. The molecule has 10 heteroatoms. The Labute approximate surface area is 153 Å². The number of phenolic OH excluding ortho intramolecular Hbond substituents is 1. The summed E-state index contributed by atoms with van der Waals surface area (Å²) in [5.41, 5.74) is 0.965. The Morgan fingerprint density at radius 2 is 2.12 bits per heavy atom. The van der Waals surface area contributed by atoms with Crippen molar-refractivity contribution in [2.75, 3.05) is 12.4 Å². The minimum atomic E-state index is -0.660. The fourth-order valence-electron chi connectivity index (χ4n) is 1.98. The number of nitrogens with zero attached hydrogens (tertiary/aromatic N) is 2. The third-order valence-electron chi connectivity index (χ3n) is 3.18. The Kier molecular flexibility index (Phi) is 6.34. The smallest absolute Gasteiger partial charge is 0.337 e. The third kappa shape index (κ3) is 5.06. The van der Waals surface area contributed by atoms with Crippen LogP contribution in [0.3, 0.4) is 0 Å². The fraction of sp³-hybridized carbons (Fsp3) is 0.312. The van der Waals surface area contributed by atoms with Gasteiger partial charge < -0.3 is 20.5 Å². The van der Waals surface area contributed by atoms with Gasteiger partial charge in [-0.1, -0.05) is 11.8 Å². The second kappa shape index (κ2) is 8.48. The second-order valence-corrected chi connectivity index (χ2v) is 6.72. The highest BCUT2D eigenvalue weighted by Gasteiger charge is 2.32. The van der Waals surface area contributed by atoms with Gasteiger partial charge in [0.1, 0.15) is 11.0 Å². The van der Waals surface area contributed by atoms with Gasteiger partial charge in [-0.25, -0.2) is 4.79 Å². The molecule has 0 aromatic heterocycles. The Hall–Kier alpha value is -2.88. The first-order valence-electron chi connectivity index (χ1n) is 7.57. The van der Waals surface area contributed by atoms with Crippen LogP contribution >= 0.6 is 11.8 Å². The lowest BCUT2D eigenvalue weighted by atomic mass is 10.1. The fourth-order valence-corrected chi connectivity index (χ4v) is 2.90. The number of nitrogens with one attached hydrogen (secondary N) is 2. The predicted octanol–water partition coefficient (Wildman–Crippen LogP) is 1.49. The molecule has 0 radical (unpaired) electrons. The monoisotopic (exact) mass is 378 g/mol. The minimum absolute atomic E-state index is 0.0569. The standard InChI is InChI=1S/C16H18N4O5S/c1-8(2)19-20-16-18-14(23)12(26-16)7-13(22)17-10-6-9(15(24)25-3)4-5-11(10)21/h4-6,12,21H,7H2,1-3H3,(H,17,22)(H,18,20,23). The zero-order valence-corrected chi connectivity index (χ0v) is 15.2. The number of hydrogen-bond acceptors (Lipinski definition) is 8. The van der Waals surface area contributed by atoms with Gasteiger partial charge in [-0.2, -0.15) is 5.10 Å². The molecule has 2 rings (SSSR count). The van der Waals surface area contributed by atoms with Gasteiger partial charge in [0.2, 0.25) is 11.8 Å². The van der Waals surface area contributed by atoms with E-state index in [4.69, 9.17) is 0 Å². The SMILES string of the molecule is COC(=O)c1ccc(O)c(NC(=O)CC2S/C(=N/N=C(C)C)NC2=O)c1. The summed E-state index contributed by atoms with van der Waals surface area (Å²) in [4.78, 5) is 35.6. The first-order valence-corrected chi connectivity index (χ1v) is 8.45. The van der Waals surface area contributed by atoms with Crippen molar-refractivity contribution >= 4 is 46.1 Å². The third-order valence-corrected chi connectivity index (χ3v) is 4.25. The van der Waals surface area contributed by atoms with Crippen LogP contribution in [0.5, 0.6) is 5.75 Å². The number of rotatable bonds is 5. The molecule has 1 aromatic rings. The molecule has 1 fully saturated rings. The van der Waals surface area contributed by atoms with Crippen molar-refractivity contribution in [1.82, 2.24) is 5.32 Å². The highest BCUT2D eigenvalue weighted by atomic mass is 32.2. The van der Waals surface area contributed by atoms with Crippen LogP contribution in [0.25, 0.3) is 0 Å². The van der Waals surface area contributed by atoms with E-state index in [0.717, 1.165) is 17.5 Å². The molecule has 1 aromatic carbocycles. The van der Waals surface area contributed by atoms with Gasteiger partial charge in [0.25, 0.3) is 0 Å². The number of thioether (sulfide) groups is 1. The number of hydrogen-bond donors (Lipinski definition) is 3. The molecule has 1 aliphatic rings. The van der Waals surface area contributed by atoms with Crippen LogP contribution in [0, 0.1) is 0 Å². The van der Waals surface area contributed by atoms with Crippen LogP contribution in [-0.4, -0.2) is 46.1 Å². The number of esters is 1. The summed E-state index contributed by atoms with van der Waals surface area (Å²) >= 11 is 1.10. The maximum absolute atomic E-state index is 12.2. The maximum Gasteiger partial charge on any atom is 0.337 e. The molecule has 3 N–H and O–H groups in total. The van der Waals surface area contributed by atoms with Crippen LogP contribution in [0.15, 0.2) is 28.4 Å². The van der Waals surface area contributed by atoms with Gasteiger partial charge in [0.15, 0.2) is 5.17 Å². The van der Waals surface area contributed by atoms with E-state index in [1.165, 1.54) is 25.3 Å². The minimum Gasteiger partial charge on any atom is -0.506 e. The normalized spacial score (nSPS) is 17.6. The Balaban J connectivity index is 2.03. The number of carbonyl (C=O) groups is 3. The van der Waals surface area contributed by atoms with Crippen LogP contribution in [0.1, 0.15) is 30.6 Å². The summed E-state index contributed by atoms with van der Waals surface area (Å²) in [5.74, 6) is -1.64. The molecule has 0 saturated carbocycles. The number of benzene rings is 1. The van der Waals surface area contributed by atoms with Gasteiger partial charge in [-0.3, -0.25) is 9.59 Å². The topological polar surface area (TPSA) is 129 Å². The van der Waals surface area contributed by atoms with E-state index >= 15 is 0 Å². The summed E-state index contributed by atoms with van der Waals surface area (Å²) in [6.45, 7) is 3.54. The van der Waals surface area contributed by atoms with Crippen LogP contribution in [-0.2, 0) is 14.3 Å². The number of anilines is 1. The average Bonchev–Trinajstić information content (AvgIpc) is 2.94. The summed E-state index contributed by atoms with van der Waals surface area (Å²) < 4.78 is 4.60. The quantitative estimate of drug-likeness (QED) is 0.308. The van der Waals surface area contributed by atoms with Gasteiger partial charge in [-0.15, -0.1) is 5.10 Å². The first kappa shape index (κ1) is 19.4. The molecular formula is C16H18N4O5S. The molecule has 138 valence electrons. The molecule has 9 nitrogen and oxygen atoms in total. The Bertz CT molecular complexity index is 802. The largest absolute Gasteiger partial charge is 0.506 e. The molecule has 26 heavy (non-hydrogen) atoms. The van der Waals surface area contributed by atoms with Gasteiger partial charge >= 0.3 is 5.97 Å². The van der Waals surface area contributed by atoms with Crippen LogP contribution < -0.4 is 10.6 Å². The van der Waals surface area contributed by atoms with E-state index in [1.54, 1.807) is 13.8 Å². The van der Waals surface area contributed by atoms with E-state index < -0.39 is 17.1 Å². The highest BCUT2D eigenvalue weighted by Crippen LogP contribution is 2.27. The van der Waals surface area contributed by atoms with Crippen molar-refractivity contribution < 1.29 is 24.2 Å². The second-order valence-electron chi connectivity index (χ2n) is 5.52. The number of amidine groups is 1. The van der Waals surface area contributed by atoms with E-state index in [2.05, 4.69) is 25.6 Å². The van der Waals surface area contributed by atoms with Crippen molar-refractivity contribution in [1.29, 1.82) is 0 Å².